The molecule has 0 radical (unpaired) electrons. The summed E-state index contributed by atoms with van der Waals surface area (Å²) in [4.78, 5) is 11.3. The second kappa shape index (κ2) is 4.17. The van der Waals surface area contributed by atoms with Crippen LogP contribution in [0.15, 0.2) is 18.2 Å². The summed E-state index contributed by atoms with van der Waals surface area (Å²) in [6.45, 7) is -0.0262. The summed E-state index contributed by atoms with van der Waals surface area (Å²) < 4.78 is 26.0. The summed E-state index contributed by atoms with van der Waals surface area (Å²) >= 11 is 0. The van der Waals surface area contributed by atoms with Gasteiger partial charge in [0, 0.05) is 18.5 Å². The number of carbonyl (C=O) groups excluding carboxylic acids is 1. The summed E-state index contributed by atoms with van der Waals surface area (Å²) in [5.41, 5.74) is 0.398. The van der Waals surface area contributed by atoms with E-state index in [9.17, 15) is 13.6 Å². The largest absolute Gasteiger partial charge is 0.396 e. The van der Waals surface area contributed by atoms with Gasteiger partial charge in [-0.25, -0.2) is 8.78 Å². The minimum atomic E-state index is -0.675. The lowest BCUT2D eigenvalue weighted by molar-refractivity contribution is -0.123. The summed E-state index contributed by atoms with van der Waals surface area (Å²) in [6.07, 6.45) is 0. The number of amides is 1. The van der Waals surface area contributed by atoms with E-state index in [1.165, 1.54) is 12.1 Å². The van der Waals surface area contributed by atoms with Gasteiger partial charge in [-0.15, -0.1) is 0 Å². The maximum Gasteiger partial charge on any atom is 0.226 e. The van der Waals surface area contributed by atoms with Gasteiger partial charge in [-0.3, -0.25) is 4.79 Å². The van der Waals surface area contributed by atoms with Crippen LogP contribution in [0.5, 0.6) is 0 Å². The van der Waals surface area contributed by atoms with E-state index < -0.39 is 17.6 Å². The van der Waals surface area contributed by atoms with E-state index in [1.54, 1.807) is 0 Å². The van der Waals surface area contributed by atoms with Gasteiger partial charge in [0.15, 0.2) is 0 Å². The van der Waals surface area contributed by atoms with E-state index in [-0.39, 0.29) is 18.4 Å². The number of carbonyl (C=O) groups is 1. The van der Waals surface area contributed by atoms with E-state index in [4.69, 9.17) is 5.11 Å². The van der Waals surface area contributed by atoms with Gasteiger partial charge in [0.25, 0.3) is 0 Å². The number of aliphatic hydroxyl groups excluding tert-OH is 1. The van der Waals surface area contributed by atoms with E-state index in [0.29, 0.717) is 12.1 Å². The zero-order valence-corrected chi connectivity index (χ0v) is 8.41. The highest BCUT2D eigenvalue weighted by Crippen LogP contribution is 2.29. The third kappa shape index (κ3) is 1.90. The van der Waals surface area contributed by atoms with Crippen molar-refractivity contribution in [2.24, 2.45) is 5.92 Å². The predicted molar refractivity (Wildman–Crippen MR) is 52.7 cm³/mol. The summed E-state index contributed by atoms with van der Waals surface area (Å²) in [5, 5.41) is 11.6. The van der Waals surface area contributed by atoms with Crippen LogP contribution in [0.1, 0.15) is 11.5 Å². The SMILES string of the molecule is O=C1NC[C@H](c2cc(F)cc(F)c2)C1CO. The molecule has 1 aromatic carbocycles. The van der Waals surface area contributed by atoms with Crippen molar-refractivity contribution < 1.29 is 18.7 Å². The van der Waals surface area contributed by atoms with Gasteiger partial charge >= 0.3 is 0 Å². The molecular weight excluding hydrogens is 216 g/mol. The Hall–Kier alpha value is -1.49. The molecule has 0 saturated carbocycles. The molecule has 0 spiro atoms. The number of nitrogens with one attached hydrogen (secondary N) is 1. The Morgan fingerprint density at radius 3 is 2.50 bits per heavy atom. The van der Waals surface area contributed by atoms with Crippen LogP contribution in [-0.2, 0) is 4.79 Å². The molecule has 16 heavy (non-hydrogen) atoms. The molecule has 2 N–H and O–H groups in total. The van der Waals surface area contributed by atoms with Gasteiger partial charge in [-0.1, -0.05) is 0 Å². The van der Waals surface area contributed by atoms with Gasteiger partial charge in [0.1, 0.15) is 11.6 Å². The van der Waals surface area contributed by atoms with Gasteiger partial charge in [0.05, 0.1) is 12.5 Å². The highest BCUT2D eigenvalue weighted by Gasteiger charge is 2.35. The molecule has 1 unspecified atom stereocenters. The molecule has 1 aromatic rings. The molecule has 2 rings (SSSR count). The first kappa shape index (κ1) is 11.0. The Morgan fingerprint density at radius 1 is 1.31 bits per heavy atom. The maximum absolute atomic E-state index is 13.0. The molecule has 1 aliphatic heterocycles. The fourth-order valence-electron chi connectivity index (χ4n) is 2.02. The average Bonchev–Trinajstić information content (AvgIpc) is 2.58. The zero-order chi connectivity index (χ0) is 11.7. The Morgan fingerprint density at radius 2 is 1.94 bits per heavy atom. The normalized spacial score (nSPS) is 24.6. The van der Waals surface area contributed by atoms with E-state index in [0.717, 1.165) is 6.07 Å². The van der Waals surface area contributed by atoms with Crippen molar-refractivity contribution in [3.63, 3.8) is 0 Å². The molecule has 3 nitrogen and oxygen atoms in total. The van der Waals surface area contributed by atoms with Crippen molar-refractivity contribution in [3.8, 4) is 0 Å². The zero-order valence-electron chi connectivity index (χ0n) is 8.41. The van der Waals surface area contributed by atoms with Crippen molar-refractivity contribution in [2.45, 2.75) is 5.92 Å². The van der Waals surface area contributed by atoms with E-state index in [1.807, 2.05) is 0 Å². The third-order valence-electron chi connectivity index (χ3n) is 2.83. The second-order valence-corrected chi connectivity index (χ2v) is 3.84. The standard InChI is InChI=1S/C11H11F2NO2/c12-7-1-6(2-8(13)3-7)9-4-14-11(16)10(9)5-15/h1-3,9-10,15H,4-5H2,(H,14,16)/t9-,10?/m1/s1. The predicted octanol–water partition coefficient (Wildman–Crippen LogP) is 0.787. The summed E-state index contributed by atoms with van der Waals surface area (Å²) in [7, 11) is 0. The first-order chi connectivity index (χ1) is 7.61. The van der Waals surface area contributed by atoms with Crippen molar-refractivity contribution in [2.75, 3.05) is 13.2 Å². The van der Waals surface area contributed by atoms with Crippen molar-refractivity contribution in [1.82, 2.24) is 5.32 Å². The van der Waals surface area contributed by atoms with E-state index >= 15 is 0 Å². The number of hydrogen-bond acceptors (Lipinski definition) is 2. The van der Waals surface area contributed by atoms with Gasteiger partial charge in [0.2, 0.25) is 5.91 Å². The smallest absolute Gasteiger partial charge is 0.226 e. The first-order valence-electron chi connectivity index (χ1n) is 4.96. The van der Waals surface area contributed by atoms with Crippen LogP contribution in [0, 0.1) is 17.6 Å². The van der Waals surface area contributed by atoms with Crippen LogP contribution in [0.25, 0.3) is 0 Å². The fourth-order valence-corrected chi connectivity index (χ4v) is 2.02. The number of benzene rings is 1. The highest BCUT2D eigenvalue weighted by atomic mass is 19.1. The number of hydrogen-bond donors (Lipinski definition) is 2. The minimum absolute atomic E-state index is 0.280. The molecule has 1 aliphatic rings. The molecule has 5 heteroatoms. The van der Waals surface area contributed by atoms with Gasteiger partial charge in [-0.2, -0.15) is 0 Å². The monoisotopic (exact) mass is 227 g/mol. The Bertz CT molecular complexity index is 402. The average molecular weight is 227 g/mol. The lowest BCUT2D eigenvalue weighted by atomic mass is 9.89. The van der Waals surface area contributed by atoms with Crippen molar-refractivity contribution in [1.29, 1.82) is 0 Å². The molecule has 1 heterocycles. The highest BCUT2D eigenvalue weighted by molar-refractivity contribution is 5.82. The Balaban J connectivity index is 2.33. The quantitative estimate of drug-likeness (QED) is 0.784. The lowest BCUT2D eigenvalue weighted by Gasteiger charge is -2.14. The number of halogens is 2. The maximum atomic E-state index is 13.0. The summed E-state index contributed by atoms with van der Waals surface area (Å²) in [5.74, 6) is -2.63. The second-order valence-electron chi connectivity index (χ2n) is 3.84. The van der Waals surface area contributed by atoms with Crippen molar-refractivity contribution >= 4 is 5.91 Å². The molecular formula is C11H11F2NO2. The van der Waals surface area contributed by atoms with Crippen LogP contribution in [0.4, 0.5) is 8.78 Å². The number of rotatable bonds is 2. The fraction of sp³-hybridized carbons (Fsp3) is 0.364. The number of aliphatic hydroxyl groups is 1. The van der Waals surface area contributed by atoms with Crippen LogP contribution in [0.3, 0.4) is 0 Å². The van der Waals surface area contributed by atoms with Crippen molar-refractivity contribution in [3.05, 3.63) is 35.4 Å². The van der Waals surface area contributed by atoms with Crippen LogP contribution < -0.4 is 5.32 Å². The Labute approximate surface area is 91.1 Å². The van der Waals surface area contributed by atoms with E-state index in [2.05, 4.69) is 5.32 Å². The molecule has 1 amide bonds. The van der Waals surface area contributed by atoms with Crippen LogP contribution >= 0.6 is 0 Å². The first-order valence-corrected chi connectivity index (χ1v) is 4.96. The molecule has 2 atom stereocenters. The minimum Gasteiger partial charge on any atom is -0.396 e. The summed E-state index contributed by atoms with van der Waals surface area (Å²) in [6, 6.07) is 3.16. The van der Waals surface area contributed by atoms with Gasteiger partial charge < -0.3 is 10.4 Å². The van der Waals surface area contributed by atoms with Crippen LogP contribution in [-0.4, -0.2) is 24.2 Å². The Kier molecular flexibility index (Phi) is 2.87. The third-order valence-corrected chi connectivity index (χ3v) is 2.83. The molecule has 0 aliphatic carbocycles. The molecule has 86 valence electrons. The molecule has 1 fully saturated rings. The molecule has 1 saturated heterocycles. The lowest BCUT2D eigenvalue weighted by Crippen LogP contribution is -2.22. The van der Waals surface area contributed by atoms with Crippen LogP contribution in [0.2, 0.25) is 0 Å². The topological polar surface area (TPSA) is 49.3 Å². The molecule has 0 aromatic heterocycles. The van der Waals surface area contributed by atoms with Gasteiger partial charge in [-0.05, 0) is 17.7 Å². The molecule has 0 bridgehead atoms.